The fourth-order valence-corrected chi connectivity index (χ4v) is 4.33. The quantitative estimate of drug-likeness (QED) is 0.707. The van der Waals surface area contributed by atoms with E-state index in [1.807, 2.05) is 6.92 Å². The Morgan fingerprint density at radius 1 is 1.38 bits per heavy atom. The molecule has 2 atom stereocenters. The van der Waals surface area contributed by atoms with Gasteiger partial charge in [-0.2, -0.15) is 5.10 Å². The van der Waals surface area contributed by atoms with Gasteiger partial charge in [-0.05, 0) is 45.7 Å². The second-order valence-electron chi connectivity index (χ2n) is 5.87. The summed E-state index contributed by atoms with van der Waals surface area (Å²) in [5.41, 5.74) is 1.31. The molecule has 0 amide bonds. The molecule has 0 aliphatic heterocycles. The van der Waals surface area contributed by atoms with Crippen molar-refractivity contribution < 1.29 is 8.42 Å². The molecule has 0 radical (unpaired) electrons. The molecule has 2 rings (SSSR count). The van der Waals surface area contributed by atoms with Crippen LogP contribution in [0.1, 0.15) is 38.1 Å². The fraction of sp³-hybridized carbons (Fsp3) is 0.786. The number of aryl methyl sites for hydroxylation is 2. The standard InChI is InChI=1S/C14H26N4O2S/c1-5-15-7-6-8-18-12(4)14(11(3)16-18)21(19,20)17-13-9-10(13)2/h10,13,15,17H,5-9H2,1-4H3. The predicted molar refractivity (Wildman–Crippen MR) is 82.8 cm³/mol. The summed E-state index contributed by atoms with van der Waals surface area (Å²) in [6, 6.07) is 0.0888. The Balaban J connectivity index is 2.11. The minimum atomic E-state index is -3.45. The van der Waals surface area contributed by atoms with Gasteiger partial charge < -0.3 is 5.32 Å². The molecule has 1 aliphatic rings. The molecule has 1 aliphatic carbocycles. The highest BCUT2D eigenvalue weighted by Gasteiger charge is 2.38. The summed E-state index contributed by atoms with van der Waals surface area (Å²) in [5, 5.41) is 7.65. The first kappa shape index (κ1) is 16.5. The van der Waals surface area contributed by atoms with E-state index in [9.17, 15) is 8.42 Å². The van der Waals surface area contributed by atoms with Crippen LogP contribution in [0.25, 0.3) is 0 Å². The second-order valence-corrected chi connectivity index (χ2v) is 7.52. The summed E-state index contributed by atoms with van der Waals surface area (Å²) in [4.78, 5) is 0.352. The van der Waals surface area contributed by atoms with Gasteiger partial charge in [0.1, 0.15) is 4.90 Å². The molecule has 0 aromatic carbocycles. The molecule has 0 bridgehead atoms. The van der Waals surface area contributed by atoms with Gasteiger partial charge in [0.2, 0.25) is 10.0 Å². The lowest BCUT2D eigenvalue weighted by atomic mass is 10.4. The lowest BCUT2D eigenvalue weighted by molar-refractivity contribution is 0.536. The Hall–Kier alpha value is -0.920. The molecule has 1 saturated carbocycles. The number of nitrogens with zero attached hydrogens (tertiary/aromatic N) is 2. The van der Waals surface area contributed by atoms with E-state index in [4.69, 9.17) is 0 Å². The van der Waals surface area contributed by atoms with E-state index >= 15 is 0 Å². The SMILES string of the molecule is CCNCCCn1nc(C)c(S(=O)(=O)NC2CC2C)c1C. The molecule has 2 N–H and O–H groups in total. The third-order valence-corrected chi connectivity index (χ3v) is 5.71. The van der Waals surface area contributed by atoms with E-state index in [1.165, 1.54) is 0 Å². The maximum absolute atomic E-state index is 12.5. The molecule has 2 unspecified atom stereocenters. The monoisotopic (exact) mass is 314 g/mol. The maximum Gasteiger partial charge on any atom is 0.244 e. The van der Waals surface area contributed by atoms with Crippen LogP contribution < -0.4 is 10.0 Å². The number of sulfonamides is 1. The van der Waals surface area contributed by atoms with Gasteiger partial charge in [0.25, 0.3) is 0 Å². The van der Waals surface area contributed by atoms with Crippen LogP contribution in [0, 0.1) is 19.8 Å². The van der Waals surface area contributed by atoms with Crippen LogP contribution in [-0.2, 0) is 16.6 Å². The van der Waals surface area contributed by atoms with Gasteiger partial charge in [-0.15, -0.1) is 0 Å². The number of nitrogens with one attached hydrogen (secondary N) is 2. The van der Waals surface area contributed by atoms with Gasteiger partial charge in [-0.3, -0.25) is 4.68 Å². The van der Waals surface area contributed by atoms with E-state index in [2.05, 4.69) is 29.0 Å². The molecule has 1 heterocycles. The molecule has 0 saturated heterocycles. The van der Waals surface area contributed by atoms with Crippen LogP contribution in [-0.4, -0.2) is 37.3 Å². The van der Waals surface area contributed by atoms with Crippen LogP contribution in [0.3, 0.4) is 0 Å². The summed E-state index contributed by atoms with van der Waals surface area (Å²) < 4.78 is 29.5. The van der Waals surface area contributed by atoms with E-state index in [-0.39, 0.29) is 6.04 Å². The third kappa shape index (κ3) is 3.84. The summed E-state index contributed by atoms with van der Waals surface area (Å²) in [6.45, 7) is 10.3. The van der Waals surface area contributed by atoms with E-state index in [0.29, 0.717) is 16.5 Å². The topological polar surface area (TPSA) is 76.0 Å². The number of aromatic nitrogens is 2. The molecular formula is C14H26N4O2S. The van der Waals surface area contributed by atoms with Crippen LogP contribution in [0.15, 0.2) is 4.90 Å². The van der Waals surface area contributed by atoms with Crippen LogP contribution in [0.2, 0.25) is 0 Å². The Bertz CT molecular complexity index is 594. The number of hydrogen-bond acceptors (Lipinski definition) is 4. The van der Waals surface area contributed by atoms with E-state index in [1.54, 1.807) is 11.6 Å². The van der Waals surface area contributed by atoms with Gasteiger partial charge in [-0.25, -0.2) is 13.1 Å². The van der Waals surface area contributed by atoms with Crippen molar-refractivity contribution in [3.05, 3.63) is 11.4 Å². The minimum absolute atomic E-state index is 0.0888. The summed E-state index contributed by atoms with van der Waals surface area (Å²) >= 11 is 0. The van der Waals surface area contributed by atoms with Crippen molar-refractivity contribution in [2.24, 2.45) is 5.92 Å². The van der Waals surface area contributed by atoms with Crippen molar-refractivity contribution in [3.8, 4) is 0 Å². The van der Waals surface area contributed by atoms with Crippen molar-refractivity contribution in [2.45, 2.75) is 58.0 Å². The average molecular weight is 314 g/mol. The summed E-state index contributed by atoms with van der Waals surface area (Å²) in [5.74, 6) is 0.440. The van der Waals surface area contributed by atoms with Gasteiger partial charge in [0.15, 0.2) is 0 Å². The van der Waals surface area contributed by atoms with Gasteiger partial charge in [0.05, 0.1) is 11.4 Å². The van der Waals surface area contributed by atoms with Crippen LogP contribution in [0.4, 0.5) is 0 Å². The van der Waals surface area contributed by atoms with Crippen molar-refractivity contribution in [1.29, 1.82) is 0 Å². The normalized spacial score (nSPS) is 21.7. The van der Waals surface area contributed by atoms with Gasteiger partial charge in [0, 0.05) is 12.6 Å². The summed E-state index contributed by atoms with van der Waals surface area (Å²) in [6.07, 6.45) is 1.86. The Morgan fingerprint density at radius 3 is 2.62 bits per heavy atom. The first-order valence-corrected chi connectivity index (χ1v) is 9.12. The lowest BCUT2D eigenvalue weighted by Gasteiger charge is -2.08. The maximum atomic E-state index is 12.5. The molecule has 7 heteroatoms. The molecular weight excluding hydrogens is 288 g/mol. The van der Waals surface area contributed by atoms with Crippen molar-refractivity contribution in [3.63, 3.8) is 0 Å². The highest BCUT2D eigenvalue weighted by Crippen LogP contribution is 2.31. The van der Waals surface area contributed by atoms with Crippen LogP contribution in [0.5, 0.6) is 0 Å². The first-order valence-electron chi connectivity index (χ1n) is 7.64. The smallest absolute Gasteiger partial charge is 0.244 e. The highest BCUT2D eigenvalue weighted by atomic mass is 32.2. The summed E-state index contributed by atoms with van der Waals surface area (Å²) in [7, 11) is -3.45. The second kappa shape index (κ2) is 6.46. The molecule has 6 nitrogen and oxygen atoms in total. The molecule has 1 aromatic rings. The Morgan fingerprint density at radius 2 is 2.05 bits per heavy atom. The Kier molecular flexibility index (Phi) is 5.06. The highest BCUT2D eigenvalue weighted by molar-refractivity contribution is 7.89. The zero-order chi connectivity index (χ0) is 15.6. The van der Waals surface area contributed by atoms with Crippen molar-refractivity contribution >= 4 is 10.0 Å². The third-order valence-electron chi connectivity index (χ3n) is 3.97. The predicted octanol–water partition coefficient (Wildman–Crippen LogP) is 1.19. The van der Waals surface area contributed by atoms with Crippen molar-refractivity contribution in [2.75, 3.05) is 13.1 Å². The molecule has 120 valence electrons. The largest absolute Gasteiger partial charge is 0.317 e. The molecule has 21 heavy (non-hydrogen) atoms. The minimum Gasteiger partial charge on any atom is -0.317 e. The zero-order valence-electron chi connectivity index (χ0n) is 13.3. The number of rotatable bonds is 8. The zero-order valence-corrected chi connectivity index (χ0v) is 14.1. The van der Waals surface area contributed by atoms with Crippen LogP contribution >= 0.6 is 0 Å². The van der Waals surface area contributed by atoms with Gasteiger partial charge in [-0.1, -0.05) is 13.8 Å². The lowest BCUT2D eigenvalue weighted by Crippen LogP contribution is -2.27. The number of hydrogen-bond donors (Lipinski definition) is 2. The average Bonchev–Trinajstić information content (AvgIpc) is 2.97. The molecule has 1 aromatic heterocycles. The van der Waals surface area contributed by atoms with Gasteiger partial charge >= 0.3 is 0 Å². The first-order chi connectivity index (χ1) is 9.86. The van der Waals surface area contributed by atoms with E-state index in [0.717, 1.165) is 38.2 Å². The molecule has 0 spiro atoms. The fourth-order valence-electron chi connectivity index (χ4n) is 2.56. The molecule has 1 fully saturated rings. The van der Waals surface area contributed by atoms with E-state index < -0.39 is 10.0 Å². The van der Waals surface area contributed by atoms with Crippen molar-refractivity contribution in [1.82, 2.24) is 19.8 Å². The Labute approximate surface area is 127 Å².